The van der Waals surface area contributed by atoms with E-state index in [0.29, 0.717) is 25.1 Å². The van der Waals surface area contributed by atoms with Gasteiger partial charge in [0, 0.05) is 12.2 Å². The molecule has 0 radical (unpaired) electrons. The summed E-state index contributed by atoms with van der Waals surface area (Å²) in [5.74, 6) is -1.12. The predicted molar refractivity (Wildman–Crippen MR) is 80.8 cm³/mol. The van der Waals surface area contributed by atoms with Gasteiger partial charge in [0.25, 0.3) is 0 Å². The minimum atomic E-state index is -0.790. The predicted octanol–water partition coefficient (Wildman–Crippen LogP) is 1.92. The van der Waals surface area contributed by atoms with E-state index in [1.165, 1.54) is 0 Å². The van der Waals surface area contributed by atoms with Gasteiger partial charge in [-0.2, -0.15) is 0 Å². The molecule has 0 spiro atoms. The van der Waals surface area contributed by atoms with Crippen molar-refractivity contribution in [3.63, 3.8) is 0 Å². The molecule has 5 nitrogen and oxygen atoms in total. The molecule has 0 aliphatic heterocycles. The zero-order valence-corrected chi connectivity index (χ0v) is 12.3. The summed E-state index contributed by atoms with van der Waals surface area (Å²) in [6.07, 6.45) is 2.96. The first kappa shape index (κ1) is 15.4. The third kappa shape index (κ3) is 3.54. The third-order valence-corrected chi connectivity index (χ3v) is 4.17. The van der Waals surface area contributed by atoms with Crippen molar-refractivity contribution in [2.24, 2.45) is 5.92 Å². The number of aliphatic carboxylic acids is 1. The number of nitrogens with two attached hydrogens (primary N) is 1. The van der Waals surface area contributed by atoms with Crippen LogP contribution in [-0.4, -0.2) is 23.5 Å². The van der Waals surface area contributed by atoms with E-state index < -0.39 is 11.4 Å². The summed E-state index contributed by atoms with van der Waals surface area (Å²) in [4.78, 5) is 23.0. The molecule has 4 N–H and O–H groups in total. The highest BCUT2D eigenvalue weighted by atomic mass is 16.4. The van der Waals surface area contributed by atoms with E-state index in [1.54, 1.807) is 6.92 Å². The first-order chi connectivity index (χ1) is 9.95. The van der Waals surface area contributed by atoms with Gasteiger partial charge in [-0.05, 0) is 43.4 Å². The lowest BCUT2D eigenvalue weighted by atomic mass is 9.94. The first-order valence-electron chi connectivity index (χ1n) is 7.33. The maximum absolute atomic E-state index is 12.3. The third-order valence-electron chi connectivity index (χ3n) is 4.17. The fourth-order valence-corrected chi connectivity index (χ4v) is 2.48. The highest BCUT2D eigenvalue weighted by molar-refractivity contribution is 5.91. The molecule has 21 heavy (non-hydrogen) atoms. The van der Waals surface area contributed by atoms with Crippen LogP contribution < -0.4 is 11.1 Å². The molecule has 1 aliphatic rings. The SMILES string of the molecule is CC(CCCNC(=O)C1(c2ccc(N)cc2)CC1)C(=O)O. The molecule has 1 aliphatic carbocycles. The number of anilines is 1. The number of carbonyl (C=O) groups is 2. The number of hydrogen-bond donors (Lipinski definition) is 3. The number of rotatable bonds is 7. The Balaban J connectivity index is 1.83. The number of carboxylic acids is 1. The molecule has 0 bridgehead atoms. The van der Waals surface area contributed by atoms with Gasteiger partial charge >= 0.3 is 5.97 Å². The lowest BCUT2D eigenvalue weighted by molar-refractivity contribution is -0.141. The minimum Gasteiger partial charge on any atom is -0.481 e. The van der Waals surface area contributed by atoms with Crippen molar-refractivity contribution in [1.82, 2.24) is 5.32 Å². The maximum atomic E-state index is 12.3. The van der Waals surface area contributed by atoms with E-state index in [-0.39, 0.29) is 11.8 Å². The lowest BCUT2D eigenvalue weighted by Gasteiger charge is -2.16. The summed E-state index contributed by atoms with van der Waals surface area (Å²) in [5.41, 5.74) is 6.97. The Kier molecular flexibility index (Phi) is 4.50. The number of carbonyl (C=O) groups excluding carboxylic acids is 1. The van der Waals surface area contributed by atoms with Crippen molar-refractivity contribution in [3.05, 3.63) is 29.8 Å². The lowest BCUT2D eigenvalue weighted by Crippen LogP contribution is -2.35. The Morgan fingerprint density at radius 2 is 1.95 bits per heavy atom. The van der Waals surface area contributed by atoms with Crippen LogP contribution in [0.4, 0.5) is 5.69 Å². The van der Waals surface area contributed by atoms with Gasteiger partial charge in [-0.25, -0.2) is 0 Å². The molecular weight excluding hydrogens is 268 g/mol. The normalized spacial score (nSPS) is 17.0. The molecule has 1 fully saturated rings. The Bertz CT molecular complexity index is 521. The zero-order valence-electron chi connectivity index (χ0n) is 12.3. The van der Waals surface area contributed by atoms with Gasteiger partial charge in [-0.15, -0.1) is 0 Å². The summed E-state index contributed by atoms with van der Waals surface area (Å²) in [6, 6.07) is 7.46. The number of amides is 1. The number of benzene rings is 1. The summed E-state index contributed by atoms with van der Waals surface area (Å²) in [6.45, 7) is 2.20. The average Bonchev–Trinajstić information content (AvgIpc) is 3.25. The summed E-state index contributed by atoms with van der Waals surface area (Å²) < 4.78 is 0. The van der Waals surface area contributed by atoms with Crippen molar-refractivity contribution >= 4 is 17.6 Å². The highest BCUT2D eigenvalue weighted by Crippen LogP contribution is 2.48. The van der Waals surface area contributed by atoms with Crippen LogP contribution in [0.1, 0.15) is 38.2 Å². The van der Waals surface area contributed by atoms with Crippen LogP contribution in [-0.2, 0) is 15.0 Å². The van der Waals surface area contributed by atoms with Gasteiger partial charge < -0.3 is 16.2 Å². The quantitative estimate of drug-likeness (QED) is 0.528. The monoisotopic (exact) mass is 290 g/mol. The van der Waals surface area contributed by atoms with Crippen LogP contribution in [0.3, 0.4) is 0 Å². The molecule has 0 heterocycles. The molecule has 1 atom stereocenters. The van der Waals surface area contributed by atoms with E-state index in [1.807, 2.05) is 24.3 Å². The second-order valence-electron chi connectivity index (χ2n) is 5.84. The van der Waals surface area contributed by atoms with Gasteiger partial charge in [0.2, 0.25) is 5.91 Å². The van der Waals surface area contributed by atoms with E-state index in [9.17, 15) is 9.59 Å². The van der Waals surface area contributed by atoms with Gasteiger partial charge in [0.1, 0.15) is 0 Å². The van der Waals surface area contributed by atoms with Crippen molar-refractivity contribution in [1.29, 1.82) is 0 Å². The topological polar surface area (TPSA) is 92.4 Å². The molecule has 2 rings (SSSR count). The number of nitrogen functional groups attached to an aromatic ring is 1. The molecule has 1 saturated carbocycles. The fraction of sp³-hybridized carbons (Fsp3) is 0.500. The molecule has 0 aromatic heterocycles. The Labute approximate surface area is 124 Å². The molecule has 1 unspecified atom stereocenters. The van der Waals surface area contributed by atoms with Crippen molar-refractivity contribution in [2.45, 2.75) is 38.0 Å². The van der Waals surface area contributed by atoms with Gasteiger partial charge in [-0.1, -0.05) is 19.1 Å². The van der Waals surface area contributed by atoms with Crippen LogP contribution in [0, 0.1) is 5.92 Å². The van der Waals surface area contributed by atoms with Crippen molar-refractivity contribution in [2.75, 3.05) is 12.3 Å². The number of hydrogen-bond acceptors (Lipinski definition) is 3. The van der Waals surface area contributed by atoms with Crippen LogP contribution >= 0.6 is 0 Å². The van der Waals surface area contributed by atoms with Crippen LogP contribution in [0.15, 0.2) is 24.3 Å². The summed E-state index contributed by atoms with van der Waals surface area (Å²) in [5, 5.41) is 11.7. The standard InChI is InChI=1S/C16H22N2O3/c1-11(14(19)20)3-2-10-18-15(21)16(8-9-16)12-4-6-13(17)7-5-12/h4-7,11H,2-3,8-10,17H2,1H3,(H,18,21)(H,19,20). The summed E-state index contributed by atoms with van der Waals surface area (Å²) in [7, 11) is 0. The zero-order chi connectivity index (χ0) is 15.5. The number of carboxylic acid groups (broad SMARTS) is 1. The second kappa shape index (κ2) is 6.16. The fourth-order valence-electron chi connectivity index (χ4n) is 2.48. The van der Waals surface area contributed by atoms with Gasteiger partial charge in [-0.3, -0.25) is 9.59 Å². The van der Waals surface area contributed by atoms with Gasteiger partial charge in [0.15, 0.2) is 0 Å². The van der Waals surface area contributed by atoms with E-state index >= 15 is 0 Å². The summed E-state index contributed by atoms with van der Waals surface area (Å²) >= 11 is 0. The van der Waals surface area contributed by atoms with E-state index in [4.69, 9.17) is 10.8 Å². The molecular formula is C16H22N2O3. The van der Waals surface area contributed by atoms with E-state index in [0.717, 1.165) is 18.4 Å². The van der Waals surface area contributed by atoms with Crippen molar-refractivity contribution in [3.8, 4) is 0 Å². The molecule has 1 amide bonds. The van der Waals surface area contributed by atoms with Crippen LogP contribution in [0.5, 0.6) is 0 Å². The first-order valence-corrected chi connectivity index (χ1v) is 7.33. The largest absolute Gasteiger partial charge is 0.481 e. The maximum Gasteiger partial charge on any atom is 0.306 e. The van der Waals surface area contributed by atoms with Crippen LogP contribution in [0.25, 0.3) is 0 Å². The molecule has 1 aromatic rings. The Morgan fingerprint density at radius 1 is 1.33 bits per heavy atom. The molecule has 0 saturated heterocycles. The van der Waals surface area contributed by atoms with Crippen molar-refractivity contribution < 1.29 is 14.7 Å². The Morgan fingerprint density at radius 3 is 2.48 bits per heavy atom. The smallest absolute Gasteiger partial charge is 0.306 e. The molecule has 1 aromatic carbocycles. The average molecular weight is 290 g/mol. The molecule has 5 heteroatoms. The number of nitrogens with one attached hydrogen (secondary N) is 1. The molecule has 114 valence electrons. The van der Waals surface area contributed by atoms with Gasteiger partial charge in [0.05, 0.1) is 11.3 Å². The minimum absolute atomic E-state index is 0.0373. The highest BCUT2D eigenvalue weighted by Gasteiger charge is 2.50. The Hall–Kier alpha value is -2.04. The van der Waals surface area contributed by atoms with Crippen LogP contribution in [0.2, 0.25) is 0 Å². The van der Waals surface area contributed by atoms with E-state index in [2.05, 4.69) is 5.32 Å². The second-order valence-corrected chi connectivity index (χ2v) is 5.84.